The Bertz CT molecular complexity index is 1340. The van der Waals surface area contributed by atoms with E-state index in [4.69, 9.17) is 26.2 Å². The number of amides is 1. The molecule has 0 radical (unpaired) electrons. The van der Waals surface area contributed by atoms with Crippen LogP contribution < -0.4 is 11.1 Å². The van der Waals surface area contributed by atoms with Crippen molar-refractivity contribution in [1.29, 1.82) is 0 Å². The van der Waals surface area contributed by atoms with Crippen LogP contribution in [0.25, 0.3) is 0 Å². The fourth-order valence-electron chi connectivity index (χ4n) is 2.66. The maximum Gasteiger partial charge on any atom is 0.339 e. The summed E-state index contributed by atoms with van der Waals surface area (Å²) in [4.78, 5) is 43.5. The number of azo groups is 1. The minimum absolute atomic E-state index is 0.0301. The van der Waals surface area contributed by atoms with Crippen LogP contribution in [0.5, 0.6) is 11.5 Å². The van der Waals surface area contributed by atoms with E-state index >= 15 is 0 Å². The summed E-state index contributed by atoms with van der Waals surface area (Å²) in [5, 5.41) is 54.7. The Balaban J connectivity index is 0.000000364. The number of nitrogen functional groups attached to an aromatic ring is 1. The Morgan fingerprint density at radius 2 is 1.24 bits per heavy atom. The number of aliphatic carboxylic acids is 1. The molecule has 0 bridgehead atoms. The fraction of sp³-hybridized carbons (Fsp3) is 0.0833. The Kier molecular flexibility index (Phi) is 9.65. The molecule has 0 aliphatic rings. The molecule has 37 heavy (non-hydrogen) atoms. The SMILES string of the molecule is Nc1ccc(O)c(C(=O)O)c1.O=C(O)CCNC(=O)c1ccc(/N=N/c2ccc(O)c(C(=O)O)c2)cc1. The molecular weight excluding hydrogens is 488 g/mol. The van der Waals surface area contributed by atoms with Crippen LogP contribution in [0.3, 0.4) is 0 Å². The predicted octanol–water partition coefficient (Wildman–Crippen LogP) is 3.38. The number of rotatable bonds is 8. The molecule has 0 saturated heterocycles. The molecule has 13 nitrogen and oxygen atoms in total. The molecule has 0 heterocycles. The molecule has 3 aromatic rings. The third kappa shape index (κ3) is 8.68. The van der Waals surface area contributed by atoms with Crippen molar-refractivity contribution in [2.45, 2.75) is 6.42 Å². The number of carbonyl (C=O) groups excluding carboxylic acids is 1. The van der Waals surface area contributed by atoms with E-state index in [0.717, 1.165) is 0 Å². The molecular formula is C24H22N4O9. The van der Waals surface area contributed by atoms with Gasteiger partial charge in [0, 0.05) is 17.8 Å². The first-order valence-corrected chi connectivity index (χ1v) is 10.4. The van der Waals surface area contributed by atoms with Crippen LogP contribution in [0.4, 0.5) is 17.1 Å². The van der Waals surface area contributed by atoms with E-state index in [1.165, 1.54) is 60.7 Å². The lowest BCUT2D eigenvalue weighted by molar-refractivity contribution is -0.136. The maximum absolute atomic E-state index is 11.8. The molecule has 3 rings (SSSR count). The van der Waals surface area contributed by atoms with E-state index in [1.807, 2.05) is 0 Å². The van der Waals surface area contributed by atoms with E-state index in [0.29, 0.717) is 16.9 Å². The average Bonchev–Trinajstić information content (AvgIpc) is 2.85. The molecule has 1 amide bonds. The number of hydrogen-bond donors (Lipinski definition) is 7. The van der Waals surface area contributed by atoms with Crippen molar-refractivity contribution in [3.63, 3.8) is 0 Å². The molecule has 13 heteroatoms. The molecule has 8 N–H and O–H groups in total. The molecule has 0 atom stereocenters. The lowest BCUT2D eigenvalue weighted by Crippen LogP contribution is -2.25. The monoisotopic (exact) mass is 510 g/mol. The number of carbonyl (C=O) groups is 4. The molecule has 192 valence electrons. The topological polar surface area (TPSA) is 232 Å². The molecule has 0 aliphatic heterocycles. The minimum Gasteiger partial charge on any atom is -0.507 e. The lowest BCUT2D eigenvalue weighted by atomic mass is 10.2. The van der Waals surface area contributed by atoms with Crippen LogP contribution in [0, 0.1) is 0 Å². The molecule has 0 aromatic heterocycles. The summed E-state index contributed by atoms with van der Waals surface area (Å²) in [7, 11) is 0. The number of nitrogens with one attached hydrogen (secondary N) is 1. The van der Waals surface area contributed by atoms with Gasteiger partial charge in [0.25, 0.3) is 5.91 Å². The minimum atomic E-state index is -1.28. The highest BCUT2D eigenvalue weighted by molar-refractivity contribution is 5.94. The highest BCUT2D eigenvalue weighted by Gasteiger charge is 2.10. The van der Waals surface area contributed by atoms with Crippen molar-refractivity contribution in [3.05, 3.63) is 77.4 Å². The van der Waals surface area contributed by atoms with Crippen molar-refractivity contribution < 1.29 is 44.7 Å². The number of aromatic carboxylic acids is 2. The number of carboxylic acids is 3. The van der Waals surface area contributed by atoms with E-state index in [9.17, 15) is 24.3 Å². The summed E-state index contributed by atoms with van der Waals surface area (Å²) < 4.78 is 0. The van der Waals surface area contributed by atoms with Crippen molar-refractivity contribution in [1.82, 2.24) is 5.32 Å². The van der Waals surface area contributed by atoms with Gasteiger partial charge in [0.1, 0.15) is 22.6 Å². The van der Waals surface area contributed by atoms with Gasteiger partial charge in [-0.2, -0.15) is 10.2 Å². The molecule has 0 saturated carbocycles. The van der Waals surface area contributed by atoms with Crippen LogP contribution in [0.15, 0.2) is 70.9 Å². The second-order valence-electron chi connectivity index (χ2n) is 7.23. The van der Waals surface area contributed by atoms with Crippen LogP contribution in [-0.4, -0.2) is 55.9 Å². The van der Waals surface area contributed by atoms with E-state index in [2.05, 4.69) is 15.5 Å². The highest BCUT2D eigenvalue weighted by Crippen LogP contribution is 2.25. The van der Waals surface area contributed by atoms with Gasteiger partial charge in [-0.15, -0.1) is 0 Å². The summed E-state index contributed by atoms with van der Waals surface area (Å²) in [6.45, 7) is 0.0301. The highest BCUT2D eigenvalue weighted by atomic mass is 16.4. The number of anilines is 1. The van der Waals surface area contributed by atoms with Crippen LogP contribution >= 0.6 is 0 Å². The van der Waals surface area contributed by atoms with Crippen LogP contribution in [-0.2, 0) is 4.79 Å². The van der Waals surface area contributed by atoms with Gasteiger partial charge in [-0.3, -0.25) is 9.59 Å². The van der Waals surface area contributed by atoms with Gasteiger partial charge in [0.05, 0.1) is 17.8 Å². The molecule has 0 fully saturated rings. The Hall–Kier alpha value is -5.46. The second kappa shape index (κ2) is 12.9. The molecule has 0 spiro atoms. The summed E-state index contributed by atoms with van der Waals surface area (Å²) in [5.41, 5.74) is 6.17. The van der Waals surface area contributed by atoms with Crippen molar-refractivity contribution in [2.24, 2.45) is 10.2 Å². The van der Waals surface area contributed by atoms with Crippen molar-refractivity contribution in [2.75, 3.05) is 12.3 Å². The third-order valence-electron chi connectivity index (χ3n) is 4.50. The number of carboxylic acid groups (broad SMARTS) is 3. The zero-order chi connectivity index (χ0) is 27.5. The van der Waals surface area contributed by atoms with E-state index < -0.39 is 23.8 Å². The van der Waals surface area contributed by atoms with Crippen LogP contribution in [0.1, 0.15) is 37.5 Å². The number of benzene rings is 3. The van der Waals surface area contributed by atoms with Crippen molar-refractivity contribution in [3.8, 4) is 11.5 Å². The maximum atomic E-state index is 11.8. The average molecular weight is 510 g/mol. The first-order valence-electron chi connectivity index (χ1n) is 10.4. The molecule has 3 aromatic carbocycles. The molecule has 0 unspecified atom stereocenters. The van der Waals surface area contributed by atoms with E-state index in [-0.39, 0.29) is 41.3 Å². The van der Waals surface area contributed by atoms with Crippen molar-refractivity contribution >= 4 is 40.9 Å². The third-order valence-corrected chi connectivity index (χ3v) is 4.50. The zero-order valence-corrected chi connectivity index (χ0v) is 19.0. The number of nitrogens with zero attached hydrogens (tertiary/aromatic N) is 2. The zero-order valence-electron chi connectivity index (χ0n) is 19.0. The van der Waals surface area contributed by atoms with Crippen LogP contribution in [0.2, 0.25) is 0 Å². The van der Waals surface area contributed by atoms with E-state index in [1.54, 1.807) is 0 Å². The summed E-state index contributed by atoms with van der Waals surface area (Å²) >= 11 is 0. The number of hydrogen-bond acceptors (Lipinski definition) is 9. The Labute approximate surface area is 209 Å². The fourth-order valence-corrected chi connectivity index (χ4v) is 2.66. The van der Waals surface area contributed by atoms with Gasteiger partial charge in [-0.1, -0.05) is 0 Å². The first kappa shape index (κ1) is 27.8. The lowest BCUT2D eigenvalue weighted by Gasteiger charge is -2.03. The van der Waals surface area contributed by atoms with Gasteiger partial charge >= 0.3 is 17.9 Å². The predicted molar refractivity (Wildman–Crippen MR) is 130 cm³/mol. The van der Waals surface area contributed by atoms with Gasteiger partial charge in [-0.05, 0) is 60.7 Å². The summed E-state index contributed by atoms with van der Waals surface area (Å²) in [6, 6.07) is 13.8. The first-order chi connectivity index (χ1) is 17.5. The normalized spacial score (nSPS) is 10.3. The quantitative estimate of drug-likeness (QED) is 0.132. The number of nitrogens with two attached hydrogens (primary N) is 1. The second-order valence-corrected chi connectivity index (χ2v) is 7.23. The van der Waals surface area contributed by atoms with Gasteiger partial charge < -0.3 is 36.6 Å². The van der Waals surface area contributed by atoms with Gasteiger partial charge in [0.2, 0.25) is 0 Å². The van der Waals surface area contributed by atoms with Gasteiger partial charge in [-0.25, -0.2) is 9.59 Å². The smallest absolute Gasteiger partial charge is 0.339 e. The molecule has 0 aliphatic carbocycles. The largest absolute Gasteiger partial charge is 0.507 e. The van der Waals surface area contributed by atoms with Gasteiger partial charge in [0.15, 0.2) is 0 Å². The number of aromatic hydroxyl groups is 2. The summed E-state index contributed by atoms with van der Waals surface area (Å²) in [6.07, 6.45) is -0.164. The summed E-state index contributed by atoms with van der Waals surface area (Å²) in [5.74, 6) is -4.50. The Morgan fingerprint density at radius 3 is 1.78 bits per heavy atom. The number of phenols is 2. The Morgan fingerprint density at radius 1 is 0.730 bits per heavy atom. The standard InChI is InChI=1S/C17H15N3O6.C7H7NO3/c21-14-6-5-12(9-13(14)17(25)26)20-19-11-3-1-10(2-4-11)16(24)18-8-7-15(22)23;8-4-1-2-6(9)5(3-4)7(10)11/h1-6,9,21H,7-8H2,(H,18,24)(H,22,23)(H,25,26);1-3,9H,8H2,(H,10,11)/b20-19+;.